The Hall–Kier alpha value is -1.40. The quantitative estimate of drug-likeness (QED) is 0.929. The second-order valence-corrected chi connectivity index (χ2v) is 6.19. The molecule has 0 radical (unpaired) electrons. The van der Waals surface area contributed by atoms with Gasteiger partial charge in [0.1, 0.15) is 0 Å². The molecule has 0 atom stereocenters. The van der Waals surface area contributed by atoms with Crippen LogP contribution in [-0.4, -0.2) is 36.3 Å². The fraction of sp³-hybridized carbons (Fsp3) is 0.538. The van der Waals surface area contributed by atoms with E-state index < -0.39 is 0 Å². The summed E-state index contributed by atoms with van der Waals surface area (Å²) in [4.78, 5) is 7.99. The highest BCUT2D eigenvalue weighted by atomic mass is 32.1. The van der Waals surface area contributed by atoms with Gasteiger partial charge in [-0.2, -0.15) is 4.98 Å². The summed E-state index contributed by atoms with van der Waals surface area (Å²) in [6.45, 7) is 8.04. The van der Waals surface area contributed by atoms with E-state index in [0.717, 1.165) is 26.2 Å². The number of piperazine rings is 1. The highest BCUT2D eigenvalue weighted by Gasteiger charge is 2.31. The molecule has 3 heterocycles. The summed E-state index contributed by atoms with van der Waals surface area (Å²) < 4.78 is 5.49. The third kappa shape index (κ3) is 2.37. The zero-order chi connectivity index (χ0) is 13.3. The van der Waals surface area contributed by atoms with Crippen molar-refractivity contribution >= 4 is 17.3 Å². The minimum atomic E-state index is -0.229. The fourth-order valence-electron chi connectivity index (χ4n) is 2.20. The van der Waals surface area contributed by atoms with Crippen LogP contribution in [0.1, 0.15) is 24.6 Å². The molecule has 3 rings (SSSR count). The first-order chi connectivity index (χ1) is 9.18. The lowest BCUT2D eigenvalue weighted by molar-refractivity contribution is 0.334. The predicted octanol–water partition coefficient (Wildman–Crippen LogP) is 1.87. The van der Waals surface area contributed by atoms with E-state index in [1.54, 1.807) is 11.3 Å². The summed E-state index contributed by atoms with van der Waals surface area (Å²) in [5.41, 5.74) is -0.229. The van der Waals surface area contributed by atoms with Crippen molar-refractivity contribution in [1.29, 1.82) is 0 Å². The molecule has 1 aliphatic rings. The molecule has 0 spiro atoms. The van der Waals surface area contributed by atoms with E-state index in [4.69, 9.17) is 4.52 Å². The van der Waals surface area contributed by atoms with Gasteiger partial charge in [0.15, 0.2) is 0 Å². The number of hydrogen-bond acceptors (Lipinski definition) is 6. The predicted molar refractivity (Wildman–Crippen MR) is 75.8 cm³/mol. The van der Waals surface area contributed by atoms with Gasteiger partial charge in [0.05, 0.1) is 5.41 Å². The highest BCUT2D eigenvalue weighted by molar-refractivity contribution is 7.10. The van der Waals surface area contributed by atoms with Crippen molar-refractivity contribution in [2.45, 2.75) is 19.3 Å². The number of aromatic nitrogens is 2. The monoisotopic (exact) mass is 278 g/mol. The van der Waals surface area contributed by atoms with Gasteiger partial charge in [-0.25, -0.2) is 0 Å². The molecule has 1 saturated heterocycles. The van der Waals surface area contributed by atoms with E-state index in [1.165, 1.54) is 4.88 Å². The van der Waals surface area contributed by atoms with Gasteiger partial charge < -0.3 is 14.7 Å². The van der Waals surface area contributed by atoms with E-state index in [0.29, 0.717) is 11.8 Å². The summed E-state index contributed by atoms with van der Waals surface area (Å²) in [7, 11) is 0. The lowest BCUT2D eigenvalue weighted by Crippen LogP contribution is -2.44. The molecule has 0 unspecified atom stereocenters. The van der Waals surface area contributed by atoms with E-state index in [2.05, 4.69) is 51.7 Å². The summed E-state index contributed by atoms with van der Waals surface area (Å²) >= 11 is 1.72. The third-order valence-electron chi connectivity index (χ3n) is 3.49. The lowest BCUT2D eigenvalue weighted by Gasteiger charge is -2.25. The Morgan fingerprint density at radius 3 is 2.84 bits per heavy atom. The van der Waals surface area contributed by atoms with Crippen molar-refractivity contribution in [3.63, 3.8) is 0 Å². The second kappa shape index (κ2) is 4.94. The number of nitrogens with one attached hydrogen (secondary N) is 1. The average molecular weight is 278 g/mol. The number of rotatable bonds is 3. The van der Waals surface area contributed by atoms with Crippen LogP contribution in [0.25, 0.3) is 0 Å². The molecule has 19 heavy (non-hydrogen) atoms. The first-order valence-electron chi connectivity index (χ1n) is 6.52. The normalized spacial score (nSPS) is 16.8. The van der Waals surface area contributed by atoms with Gasteiger partial charge in [0.2, 0.25) is 5.89 Å². The maximum absolute atomic E-state index is 5.49. The molecule has 1 N–H and O–H groups in total. The molecule has 6 heteroatoms. The first-order valence-corrected chi connectivity index (χ1v) is 7.40. The van der Waals surface area contributed by atoms with Crippen molar-refractivity contribution in [3.05, 3.63) is 28.3 Å². The SMILES string of the molecule is CC(C)(c1nc(N2CCNCC2)no1)c1cccs1. The van der Waals surface area contributed by atoms with Crippen molar-refractivity contribution < 1.29 is 4.52 Å². The van der Waals surface area contributed by atoms with Crippen LogP contribution in [0, 0.1) is 0 Å². The first kappa shape index (κ1) is 12.6. The molecule has 5 nitrogen and oxygen atoms in total. The maximum Gasteiger partial charge on any atom is 0.266 e. The number of anilines is 1. The number of hydrogen-bond donors (Lipinski definition) is 1. The molecule has 1 aliphatic heterocycles. The van der Waals surface area contributed by atoms with E-state index in [1.807, 2.05) is 0 Å². The highest BCUT2D eigenvalue weighted by Crippen LogP contribution is 2.34. The Morgan fingerprint density at radius 2 is 2.16 bits per heavy atom. The fourth-order valence-corrected chi connectivity index (χ4v) is 3.05. The van der Waals surface area contributed by atoms with Crippen molar-refractivity contribution in [2.24, 2.45) is 0 Å². The molecule has 102 valence electrons. The van der Waals surface area contributed by atoms with Gasteiger partial charge in [-0.3, -0.25) is 0 Å². The second-order valence-electron chi connectivity index (χ2n) is 5.24. The Balaban J connectivity index is 1.84. The largest absolute Gasteiger partial charge is 0.336 e. The van der Waals surface area contributed by atoms with Crippen LogP contribution >= 0.6 is 11.3 Å². The Labute approximate surface area is 116 Å². The van der Waals surface area contributed by atoms with Crippen LogP contribution in [0.4, 0.5) is 5.95 Å². The molecule has 0 saturated carbocycles. The minimum absolute atomic E-state index is 0.229. The molecule has 0 aliphatic carbocycles. The summed E-state index contributed by atoms with van der Waals surface area (Å²) in [5.74, 6) is 1.39. The Kier molecular flexibility index (Phi) is 3.28. The molecule has 0 aromatic carbocycles. The lowest BCUT2D eigenvalue weighted by atomic mass is 9.91. The smallest absolute Gasteiger partial charge is 0.266 e. The van der Waals surface area contributed by atoms with E-state index in [9.17, 15) is 0 Å². The van der Waals surface area contributed by atoms with Crippen LogP contribution in [-0.2, 0) is 5.41 Å². The van der Waals surface area contributed by atoms with Crippen LogP contribution in [0.5, 0.6) is 0 Å². The van der Waals surface area contributed by atoms with Gasteiger partial charge in [-0.05, 0) is 30.5 Å². The molecule has 2 aromatic heterocycles. The van der Waals surface area contributed by atoms with Crippen molar-refractivity contribution in [3.8, 4) is 0 Å². The van der Waals surface area contributed by atoms with Crippen LogP contribution in [0.2, 0.25) is 0 Å². The maximum atomic E-state index is 5.49. The summed E-state index contributed by atoms with van der Waals surface area (Å²) in [6, 6.07) is 4.16. The van der Waals surface area contributed by atoms with Crippen LogP contribution in [0.3, 0.4) is 0 Å². The van der Waals surface area contributed by atoms with Gasteiger partial charge in [-0.1, -0.05) is 6.07 Å². The van der Waals surface area contributed by atoms with Gasteiger partial charge >= 0.3 is 0 Å². The Bertz CT molecular complexity index is 529. The van der Waals surface area contributed by atoms with Gasteiger partial charge in [-0.15, -0.1) is 11.3 Å². The van der Waals surface area contributed by atoms with E-state index >= 15 is 0 Å². The van der Waals surface area contributed by atoms with Crippen LogP contribution in [0.15, 0.2) is 22.0 Å². The summed E-state index contributed by atoms with van der Waals surface area (Å²) in [6.07, 6.45) is 0. The zero-order valence-electron chi connectivity index (χ0n) is 11.2. The summed E-state index contributed by atoms with van der Waals surface area (Å²) in [5, 5.41) is 9.52. The minimum Gasteiger partial charge on any atom is -0.336 e. The molecular formula is C13H18N4OS. The van der Waals surface area contributed by atoms with Gasteiger partial charge in [0, 0.05) is 31.1 Å². The topological polar surface area (TPSA) is 54.2 Å². The number of thiophene rings is 1. The average Bonchev–Trinajstić information content (AvgIpc) is 3.12. The zero-order valence-corrected chi connectivity index (χ0v) is 12.0. The molecule has 0 bridgehead atoms. The standard InChI is InChI=1S/C13H18N4OS/c1-13(2,10-4-3-9-19-10)11-15-12(16-18-11)17-7-5-14-6-8-17/h3-4,9,14H,5-8H2,1-2H3. The van der Waals surface area contributed by atoms with Crippen LogP contribution < -0.4 is 10.2 Å². The Morgan fingerprint density at radius 1 is 1.37 bits per heavy atom. The number of nitrogens with zero attached hydrogens (tertiary/aromatic N) is 3. The van der Waals surface area contributed by atoms with Crippen molar-refractivity contribution in [2.75, 3.05) is 31.1 Å². The molecular weight excluding hydrogens is 260 g/mol. The molecule has 2 aromatic rings. The van der Waals surface area contributed by atoms with Gasteiger partial charge in [0.25, 0.3) is 5.95 Å². The molecule has 1 fully saturated rings. The molecule has 0 amide bonds. The third-order valence-corrected chi connectivity index (χ3v) is 4.68. The van der Waals surface area contributed by atoms with E-state index in [-0.39, 0.29) is 5.41 Å². The van der Waals surface area contributed by atoms with Crippen molar-refractivity contribution in [1.82, 2.24) is 15.5 Å².